The Morgan fingerprint density at radius 1 is 1.37 bits per heavy atom. The molecule has 108 valence electrons. The van der Waals surface area contributed by atoms with Crippen molar-refractivity contribution in [2.45, 2.75) is 57.2 Å². The maximum absolute atomic E-state index is 10.9. The number of ether oxygens (including phenoxy) is 1. The first-order valence-electron chi connectivity index (χ1n) is 6.65. The highest BCUT2D eigenvalue weighted by Gasteiger charge is 2.28. The third kappa shape index (κ3) is 7.90. The van der Waals surface area contributed by atoms with Gasteiger partial charge in [-0.25, -0.2) is 0 Å². The molecule has 1 fully saturated rings. The zero-order valence-corrected chi connectivity index (χ0v) is 14.0. The first-order chi connectivity index (χ1) is 9.09. The van der Waals surface area contributed by atoms with Gasteiger partial charge >= 0.3 is 5.97 Å². The zero-order valence-electron chi connectivity index (χ0n) is 10.9. The van der Waals surface area contributed by atoms with Gasteiger partial charge < -0.3 is 9.84 Å². The van der Waals surface area contributed by atoms with Crippen molar-refractivity contribution in [3.8, 4) is 0 Å². The number of carbonyl (C=O) groups is 1. The van der Waals surface area contributed by atoms with E-state index in [-0.39, 0.29) is 12.1 Å². The summed E-state index contributed by atoms with van der Waals surface area (Å²) in [5.41, 5.74) is 0. The molecule has 2 unspecified atom stereocenters. The van der Waals surface area contributed by atoms with Crippen LogP contribution in [-0.2, 0) is 9.53 Å². The molecule has 1 heterocycles. The van der Waals surface area contributed by atoms with Crippen LogP contribution in [0.5, 0.6) is 0 Å². The number of aliphatic hydroxyl groups is 1. The van der Waals surface area contributed by atoms with Crippen molar-refractivity contribution in [3.05, 3.63) is 21.6 Å². The van der Waals surface area contributed by atoms with Crippen LogP contribution in [0.4, 0.5) is 0 Å². The summed E-state index contributed by atoms with van der Waals surface area (Å²) >= 11 is 6.65. The SMILES string of the molecule is O=C1CCC(C(O)C=CCCCCCC=C(Br)Br)O1. The highest BCUT2D eigenvalue weighted by molar-refractivity contribution is 9.28. The molecular formula is C14H20Br2O3. The Hall–Kier alpha value is -0.130. The lowest BCUT2D eigenvalue weighted by atomic mass is 10.1. The van der Waals surface area contributed by atoms with E-state index in [0.717, 1.165) is 29.1 Å². The van der Waals surface area contributed by atoms with Crippen LogP contribution in [0.2, 0.25) is 0 Å². The number of hydrogen-bond donors (Lipinski definition) is 1. The van der Waals surface area contributed by atoms with Gasteiger partial charge in [0.15, 0.2) is 0 Å². The molecule has 2 atom stereocenters. The van der Waals surface area contributed by atoms with Crippen LogP contribution in [0.15, 0.2) is 21.6 Å². The predicted molar refractivity (Wildman–Crippen MR) is 83.3 cm³/mol. The Morgan fingerprint density at radius 2 is 2.11 bits per heavy atom. The zero-order chi connectivity index (χ0) is 14.1. The molecule has 0 spiro atoms. The topological polar surface area (TPSA) is 46.5 Å². The highest BCUT2D eigenvalue weighted by atomic mass is 79.9. The van der Waals surface area contributed by atoms with Crippen LogP contribution in [-0.4, -0.2) is 23.3 Å². The third-order valence-electron chi connectivity index (χ3n) is 3.00. The fraction of sp³-hybridized carbons (Fsp3) is 0.643. The van der Waals surface area contributed by atoms with Crippen LogP contribution in [0.3, 0.4) is 0 Å². The fourth-order valence-corrected chi connectivity index (χ4v) is 2.40. The number of carbonyl (C=O) groups excluding carboxylic acids is 1. The van der Waals surface area contributed by atoms with Crippen molar-refractivity contribution < 1.29 is 14.6 Å². The summed E-state index contributed by atoms with van der Waals surface area (Å²) in [6.07, 6.45) is 11.3. The summed E-state index contributed by atoms with van der Waals surface area (Å²) in [5, 5.41) is 9.79. The van der Waals surface area contributed by atoms with Crippen molar-refractivity contribution in [2.24, 2.45) is 0 Å². The van der Waals surface area contributed by atoms with E-state index in [0.29, 0.717) is 12.8 Å². The van der Waals surface area contributed by atoms with Gasteiger partial charge in [-0.2, -0.15) is 0 Å². The minimum Gasteiger partial charge on any atom is -0.459 e. The second kappa shape index (κ2) is 9.72. The van der Waals surface area contributed by atoms with Gasteiger partial charge in [-0.05, 0) is 64.0 Å². The number of aliphatic hydroxyl groups excluding tert-OH is 1. The first kappa shape index (κ1) is 16.9. The molecule has 0 saturated carbocycles. The van der Waals surface area contributed by atoms with Crippen molar-refractivity contribution in [3.63, 3.8) is 0 Å². The molecule has 1 N–H and O–H groups in total. The number of unbranched alkanes of at least 4 members (excludes halogenated alkanes) is 4. The second-order valence-electron chi connectivity index (χ2n) is 4.62. The molecule has 1 saturated heterocycles. The van der Waals surface area contributed by atoms with Crippen molar-refractivity contribution in [1.29, 1.82) is 0 Å². The van der Waals surface area contributed by atoms with Crippen LogP contribution < -0.4 is 0 Å². The van der Waals surface area contributed by atoms with E-state index in [4.69, 9.17) is 4.74 Å². The Kier molecular flexibility index (Phi) is 8.66. The summed E-state index contributed by atoms with van der Waals surface area (Å²) < 4.78 is 6.01. The van der Waals surface area contributed by atoms with E-state index in [1.54, 1.807) is 6.08 Å². The molecule has 0 aliphatic carbocycles. The molecule has 3 nitrogen and oxygen atoms in total. The quantitative estimate of drug-likeness (QED) is 0.380. The van der Waals surface area contributed by atoms with E-state index in [1.807, 2.05) is 6.08 Å². The number of allylic oxidation sites excluding steroid dienone is 2. The summed E-state index contributed by atoms with van der Waals surface area (Å²) in [6.45, 7) is 0. The van der Waals surface area contributed by atoms with Crippen LogP contribution in [0.1, 0.15) is 44.9 Å². The molecule has 0 aromatic rings. The molecule has 0 amide bonds. The molecule has 0 radical (unpaired) electrons. The lowest BCUT2D eigenvalue weighted by Gasteiger charge is -2.12. The Labute approximate surface area is 131 Å². The normalized spacial score (nSPS) is 20.6. The average molecular weight is 396 g/mol. The second-order valence-corrected chi connectivity index (χ2v) is 7.39. The molecule has 0 bridgehead atoms. The number of cyclic esters (lactones) is 1. The van der Waals surface area contributed by atoms with Crippen molar-refractivity contribution >= 4 is 37.8 Å². The summed E-state index contributed by atoms with van der Waals surface area (Å²) in [7, 11) is 0. The van der Waals surface area contributed by atoms with E-state index in [2.05, 4.69) is 37.9 Å². The lowest BCUT2D eigenvalue weighted by Crippen LogP contribution is -2.23. The molecule has 5 heteroatoms. The van der Waals surface area contributed by atoms with Gasteiger partial charge in [0.1, 0.15) is 12.2 Å². The van der Waals surface area contributed by atoms with Gasteiger partial charge in [-0.3, -0.25) is 4.79 Å². The number of hydrogen-bond acceptors (Lipinski definition) is 3. The van der Waals surface area contributed by atoms with Crippen LogP contribution in [0, 0.1) is 0 Å². The maximum atomic E-state index is 10.9. The summed E-state index contributed by atoms with van der Waals surface area (Å²) in [5.74, 6) is -0.205. The van der Waals surface area contributed by atoms with Gasteiger partial charge in [0.05, 0.1) is 3.39 Å². The van der Waals surface area contributed by atoms with Gasteiger partial charge in [-0.15, -0.1) is 0 Å². The largest absolute Gasteiger partial charge is 0.459 e. The molecule has 1 aliphatic heterocycles. The molecule has 1 rings (SSSR count). The van der Waals surface area contributed by atoms with Crippen molar-refractivity contribution in [1.82, 2.24) is 0 Å². The number of halogens is 2. The monoisotopic (exact) mass is 394 g/mol. The maximum Gasteiger partial charge on any atom is 0.306 e. The van der Waals surface area contributed by atoms with E-state index in [9.17, 15) is 9.90 Å². The molecular weight excluding hydrogens is 376 g/mol. The van der Waals surface area contributed by atoms with Gasteiger partial charge in [0, 0.05) is 6.42 Å². The molecule has 19 heavy (non-hydrogen) atoms. The fourth-order valence-electron chi connectivity index (χ4n) is 1.94. The predicted octanol–water partition coefficient (Wildman–Crippen LogP) is 4.19. The van der Waals surface area contributed by atoms with Crippen molar-refractivity contribution in [2.75, 3.05) is 0 Å². The molecule has 0 aromatic carbocycles. The standard InChI is InChI=1S/C14H20Br2O3/c15-13(16)8-6-4-2-1-3-5-7-11(17)12-9-10-14(18)19-12/h5,7-8,11-12,17H,1-4,6,9-10H2. The first-order valence-corrected chi connectivity index (χ1v) is 8.23. The summed E-state index contributed by atoms with van der Waals surface area (Å²) in [4.78, 5) is 10.9. The smallest absolute Gasteiger partial charge is 0.306 e. The Morgan fingerprint density at radius 3 is 2.74 bits per heavy atom. The lowest BCUT2D eigenvalue weighted by molar-refractivity contribution is -0.144. The van der Waals surface area contributed by atoms with Gasteiger partial charge in [-0.1, -0.05) is 24.6 Å². The van der Waals surface area contributed by atoms with E-state index >= 15 is 0 Å². The third-order valence-corrected chi connectivity index (χ3v) is 3.65. The van der Waals surface area contributed by atoms with E-state index in [1.165, 1.54) is 6.42 Å². The van der Waals surface area contributed by atoms with Crippen LogP contribution in [0.25, 0.3) is 0 Å². The molecule has 0 aromatic heterocycles. The van der Waals surface area contributed by atoms with Gasteiger partial charge in [0.25, 0.3) is 0 Å². The number of rotatable bonds is 8. The Balaban J connectivity index is 2.03. The minimum absolute atomic E-state index is 0.205. The van der Waals surface area contributed by atoms with Crippen LogP contribution >= 0.6 is 31.9 Å². The average Bonchev–Trinajstić information content (AvgIpc) is 2.78. The van der Waals surface area contributed by atoms with E-state index < -0.39 is 6.10 Å². The molecule has 1 aliphatic rings. The minimum atomic E-state index is -0.654. The Bertz CT molecular complexity index is 336. The summed E-state index contributed by atoms with van der Waals surface area (Å²) in [6, 6.07) is 0. The van der Waals surface area contributed by atoms with Gasteiger partial charge in [0.2, 0.25) is 0 Å². The number of esters is 1. The highest BCUT2D eigenvalue weighted by Crippen LogP contribution is 2.18.